The van der Waals surface area contributed by atoms with Gasteiger partial charge in [-0.15, -0.1) is 0 Å². The minimum Gasteiger partial charge on any atom is -0.549 e. The van der Waals surface area contributed by atoms with Gasteiger partial charge in [0.1, 0.15) is 0 Å². The Hall–Kier alpha value is 1.06. The maximum absolute atomic E-state index is 10.5. The molecule has 0 saturated carbocycles. The Labute approximate surface area is 333 Å². The van der Waals surface area contributed by atoms with Gasteiger partial charge in [-0.2, -0.15) is 0 Å². The van der Waals surface area contributed by atoms with Gasteiger partial charge in [0.25, 0.3) is 0 Å². The molecule has 0 saturated heterocycles. The summed E-state index contributed by atoms with van der Waals surface area (Å²) in [6.45, 7) is 4.39. The van der Waals surface area contributed by atoms with Crippen LogP contribution in [0, 0.1) is 0 Å². The number of allylic oxidation sites excluding steroid dienone is 2. The molecule has 0 spiro atoms. The minimum absolute atomic E-state index is 0. The molecule has 0 rings (SSSR count). The van der Waals surface area contributed by atoms with Crippen molar-refractivity contribution < 1.29 is 30.0 Å². The van der Waals surface area contributed by atoms with Crippen LogP contribution in [-0.4, -0.2) is 79.9 Å². The topological polar surface area (TPSA) is 121 Å². The van der Waals surface area contributed by atoms with Gasteiger partial charge in [0, 0.05) is 0 Å². The van der Waals surface area contributed by atoms with E-state index in [9.17, 15) is 30.0 Å². The number of rotatable bonds is 30. The molecule has 0 bridgehead atoms. The van der Waals surface area contributed by atoms with Crippen LogP contribution in [0.5, 0.6) is 0 Å². The van der Waals surface area contributed by atoms with E-state index in [1.165, 1.54) is 38.5 Å². The van der Waals surface area contributed by atoms with Crippen molar-refractivity contribution in [2.45, 2.75) is 188 Å². The van der Waals surface area contributed by atoms with Crippen LogP contribution in [0.3, 0.4) is 0 Å². The third kappa shape index (κ3) is 41.1. The predicted octanol–water partition coefficient (Wildman–Crippen LogP) is 7.94. The van der Waals surface area contributed by atoms with Crippen molar-refractivity contribution in [1.82, 2.24) is 0 Å². The fraction of sp³-hybridized carbons (Fsp3) is 0.833. The van der Waals surface area contributed by atoms with Crippen molar-refractivity contribution in [1.29, 1.82) is 0 Å². The van der Waals surface area contributed by atoms with Gasteiger partial charge in [-0.1, -0.05) is 173 Å². The second-order valence-corrected chi connectivity index (χ2v) is 15.0. The van der Waals surface area contributed by atoms with Crippen molar-refractivity contribution in [3.05, 3.63) is 24.3 Å². The fourth-order valence-corrected chi connectivity index (χ4v) is 5.59. The largest absolute Gasteiger partial charge is 2.00 e. The summed E-state index contributed by atoms with van der Waals surface area (Å²) in [5, 5.41) is 40.7. The van der Waals surface area contributed by atoms with Gasteiger partial charge in [0.15, 0.2) is 0 Å². The van der Waals surface area contributed by atoms with Crippen molar-refractivity contribution in [3.8, 4) is 0 Å². The first-order chi connectivity index (χ1) is 21.1. The Kier molecular flexibility index (Phi) is 44.3. The van der Waals surface area contributed by atoms with Crippen molar-refractivity contribution in [3.63, 3.8) is 0 Å². The molecule has 0 aromatic heterocycles. The molecule has 0 amide bonds. The van der Waals surface area contributed by atoms with Gasteiger partial charge in [-0.3, -0.25) is 0 Å². The van der Waals surface area contributed by atoms with Gasteiger partial charge >= 0.3 is 37.7 Å². The number of halogens is 2. The standard InChI is InChI=1S/2C18H33IO3.Ca/c2*1-2-3-4-10-13-16(20)14-11-8-6-5-7-9-12-15-17(19)18(21)22;/h2*8,11,16-17,20H,2-7,9-10,12-15H2,1H3,(H,21,22);/q;;+2/p-2/b2*11-8-;/t2*16-,17?;/m11./s1. The maximum Gasteiger partial charge on any atom is 2.00 e. The number of aliphatic hydroxyl groups excluding tert-OH is 2. The number of carboxylic acids is 2. The van der Waals surface area contributed by atoms with E-state index in [0.717, 1.165) is 103 Å². The van der Waals surface area contributed by atoms with E-state index in [1.807, 2.05) is 45.2 Å². The molecular weight excluding hydrogens is 822 g/mol. The molecular formula is C36H64CaI2O6. The average molecular weight is 887 g/mol. The van der Waals surface area contributed by atoms with Crippen LogP contribution in [0.25, 0.3) is 0 Å². The molecule has 9 heteroatoms. The van der Waals surface area contributed by atoms with Gasteiger partial charge in [-0.25, -0.2) is 0 Å². The Balaban J connectivity index is -0.000000767. The number of aliphatic carboxylic acids is 2. The van der Waals surface area contributed by atoms with Crippen LogP contribution in [0.15, 0.2) is 24.3 Å². The number of alkyl halides is 2. The molecule has 0 aromatic carbocycles. The van der Waals surface area contributed by atoms with Gasteiger partial charge < -0.3 is 30.0 Å². The molecule has 6 nitrogen and oxygen atoms in total. The summed E-state index contributed by atoms with van der Waals surface area (Å²) in [5.41, 5.74) is 0. The number of carbonyl (C=O) groups is 2. The summed E-state index contributed by atoms with van der Waals surface area (Å²) >= 11 is 3.87. The van der Waals surface area contributed by atoms with E-state index in [4.69, 9.17) is 0 Å². The molecule has 260 valence electrons. The summed E-state index contributed by atoms with van der Waals surface area (Å²) in [6, 6.07) is 0. The maximum atomic E-state index is 10.5. The second kappa shape index (κ2) is 39.5. The summed E-state index contributed by atoms with van der Waals surface area (Å²) in [7, 11) is 0. The molecule has 0 aliphatic carbocycles. The Bertz CT molecular complexity index is 649. The second-order valence-electron chi connectivity index (χ2n) is 12.0. The van der Waals surface area contributed by atoms with E-state index in [1.54, 1.807) is 0 Å². The van der Waals surface area contributed by atoms with Crippen LogP contribution < -0.4 is 10.2 Å². The molecule has 0 radical (unpaired) electrons. The van der Waals surface area contributed by atoms with Crippen LogP contribution in [0.2, 0.25) is 0 Å². The van der Waals surface area contributed by atoms with Crippen LogP contribution in [-0.2, 0) is 9.59 Å². The normalized spacial score (nSPS) is 14.0. The number of carbonyl (C=O) groups excluding carboxylic acids is 2. The molecule has 2 unspecified atom stereocenters. The summed E-state index contributed by atoms with van der Waals surface area (Å²) < 4.78 is -0.701. The molecule has 0 aromatic rings. The molecule has 0 heterocycles. The van der Waals surface area contributed by atoms with E-state index in [-0.39, 0.29) is 57.8 Å². The van der Waals surface area contributed by atoms with Crippen LogP contribution in [0.1, 0.15) is 168 Å². The van der Waals surface area contributed by atoms with Crippen molar-refractivity contribution >= 4 is 94.9 Å². The number of aliphatic hydroxyl groups is 2. The van der Waals surface area contributed by atoms with E-state index >= 15 is 0 Å². The first-order valence-electron chi connectivity index (χ1n) is 17.5. The number of hydrogen-bond donors (Lipinski definition) is 2. The summed E-state index contributed by atoms with van der Waals surface area (Å²) in [4.78, 5) is 21.1. The van der Waals surface area contributed by atoms with E-state index < -0.39 is 11.9 Å². The first kappa shape index (κ1) is 50.4. The quantitative estimate of drug-likeness (QED) is 0.0249. The van der Waals surface area contributed by atoms with Gasteiger partial charge in [0.05, 0.1) is 32.0 Å². The zero-order valence-corrected chi connectivity index (χ0v) is 35.1. The number of carboxylic acid groups (broad SMARTS) is 2. The monoisotopic (exact) mass is 886 g/mol. The minimum atomic E-state index is -0.947. The van der Waals surface area contributed by atoms with Crippen molar-refractivity contribution in [2.75, 3.05) is 0 Å². The Morgan fingerprint density at radius 1 is 0.533 bits per heavy atom. The first-order valence-corrected chi connectivity index (χ1v) is 20.0. The molecule has 4 atom stereocenters. The predicted molar refractivity (Wildman–Crippen MR) is 204 cm³/mol. The SMILES string of the molecule is CCCCCC[C@@H](O)C/C=C\CCCCCCC(I)C(=O)[O-].CCCCCC[C@@H](O)C/C=C\CCCCCCC(I)C(=O)[O-].[Ca+2]. The third-order valence-electron chi connectivity index (χ3n) is 7.60. The Morgan fingerprint density at radius 2 is 0.844 bits per heavy atom. The number of hydrogen-bond acceptors (Lipinski definition) is 6. The zero-order chi connectivity index (χ0) is 33.3. The van der Waals surface area contributed by atoms with Crippen molar-refractivity contribution in [2.24, 2.45) is 0 Å². The molecule has 2 N–H and O–H groups in total. The molecule has 0 fully saturated rings. The smallest absolute Gasteiger partial charge is 0.549 e. The summed E-state index contributed by atoms with van der Waals surface area (Å²) in [5.74, 6) is -1.89. The zero-order valence-electron chi connectivity index (χ0n) is 28.6. The number of unbranched alkanes of at least 4 members (excludes halogenated alkanes) is 14. The van der Waals surface area contributed by atoms with Gasteiger partial charge in [-0.05, 0) is 64.2 Å². The average Bonchev–Trinajstić information content (AvgIpc) is 2.99. The third-order valence-corrected chi connectivity index (χ3v) is 9.86. The summed E-state index contributed by atoms with van der Waals surface area (Å²) in [6.07, 6.45) is 33.4. The van der Waals surface area contributed by atoms with Gasteiger partial charge in [0.2, 0.25) is 0 Å². The van der Waals surface area contributed by atoms with E-state index in [2.05, 4.69) is 38.2 Å². The molecule has 0 aliphatic rings. The fourth-order valence-electron chi connectivity index (χ4n) is 4.71. The molecule has 45 heavy (non-hydrogen) atoms. The Morgan fingerprint density at radius 3 is 1.18 bits per heavy atom. The molecule has 0 aliphatic heterocycles. The van der Waals surface area contributed by atoms with Crippen LogP contribution >= 0.6 is 45.2 Å². The van der Waals surface area contributed by atoms with E-state index in [0.29, 0.717) is 12.8 Å². The van der Waals surface area contributed by atoms with Crippen LogP contribution in [0.4, 0.5) is 0 Å².